The molecule has 0 aliphatic carbocycles. The Morgan fingerprint density at radius 3 is 2.38 bits per heavy atom. The Labute approximate surface area is 169 Å². The Morgan fingerprint density at radius 2 is 1.76 bits per heavy atom. The zero-order valence-electron chi connectivity index (χ0n) is 16.0. The number of H-pyrrole nitrogens is 1. The average Bonchev–Trinajstić information content (AvgIpc) is 3.30. The molecule has 1 aromatic heterocycles. The Morgan fingerprint density at radius 1 is 1.07 bits per heavy atom. The number of rotatable bonds is 4. The van der Waals surface area contributed by atoms with Crippen molar-refractivity contribution in [3.8, 4) is 0 Å². The van der Waals surface area contributed by atoms with E-state index in [2.05, 4.69) is 9.97 Å². The molecule has 1 aromatic carbocycles. The normalized spacial score (nSPS) is 19.5. The molecular weight excluding hydrogens is 397 g/mol. The van der Waals surface area contributed by atoms with Crippen molar-refractivity contribution >= 4 is 21.6 Å². The van der Waals surface area contributed by atoms with Crippen LogP contribution in [0.25, 0.3) is 0 Å². The van der Waals surface area contributed by atoms with Crippen LogP contribution in [0.3, 0.4) is 0 Å². The molecular formula is C19H24FN5O3S. The molecule has 156 valence electrons. The van der Waals surface area contributed by atoms with Gasteiger partial charge in [0.1, 0.15) is 5.82 Å². The van der Waals surface area contributed by atoms with Gasteiger partial charge in [-0.3, -0.25) is 4.79 Å². The lowest BCUT2D eigenvalue weighted by Crippen LogP contribution is -2.52. The van der Waals surface area contributed by atoms with Gasteiger partial charge in [0.05, 0.1) is 18.2 Å². The molecule has 8 nitrogen and oxygen atoms in total. The number of sulfonamides is 1. The van der Waals surface area contributed by atoms with E-state index in [9.17, 15) is 17.6 Å². The van der Waals surface area contributed by atoms with Gasteiger partial charge in [0.25, 0.3) is 10.0 Å². The number of piperazine rings is 1. The number of benzene rings is 1. The molecule has 2 aliphatic rings. The summed E-state index contributed by atoms with van der Waals surface area (Å²) in [5, 5.41) is 0.0755. The molecule has 0 atom stereocenters. The molecule has 10 heteroatoms. The van der Waals surface area contributed by atoms with Crippen LogP contribution in [0.4, 0.5) is 10.1 Å². The molecule has 1 amide bonds. The second-order valence-electron chi connectivity index (χ2n) is 7.36. The second-order valence-corrected chi connectivity index (χ2v) is 9.26. The fourth-order valence-electron chi connectivity index (χ4n) is 4.00. The molecule has 0 bridgehead atoms. The number of amides is 1. The van der Waals surface area contributed by atoms with Gasteiger partial charge in [-0.15, -0.1) is 0 Å². The van der Waals surface area contributed by atoms with Crippen LogP contribution in [0, 0.1) is 11.7 Å². The van der Waals surface area contributed by atoms with Crippen LogP contribution in [0.2, 0.25) is 0 Å². The SMILES string of the molecule is O=C(C1CCN(S(=O)(=O)c2cnc[nH]2)CC1)N1CCN(c2ccccc2F)CC1. The van der Waals surface area contributed by atoms with Gasteiger partial charge in [-0.05, 0) is 25.0 Å². The van der Waals surface area contributed by atoms with Crippen molar-refractivity contribution in [1.82, 2.24) is 19.2 Å². The van der Waals surface area contributed by atoms with Crippen LogP contribution in [-0.4, -0.2) is 72.8 Å². The van der Waals surface area contributed by atoms with Crippen LogP contribution >= 0.6 is 0 Å². The number of carbonyl (C=O) groups excluding carboxylic acids is 1. The van der Waals surface area contributed by atoms with Crippen molar-refractivity contribution in [2.24, 2.45) is 5.92 Å². The zero-order chi connectivity index (χ0) is 20.4. The predicted molar refractivity (Wildman–Crippen MR) is 105 cm³/mol. The number of carbonyl (C=O) groups is 1. The first-order chi connectivity index (χ1) is 14.0. The molecule has 1 N–H and O–H groups in total. The maximum absolute atomic E-state index is 14.0. The third-order valence-electron chi connectivity index (χ3n) is 5.68. The highest BCUT2D eigenvalue weighted by Crippen LogP contribution is 2.26. The van der Waals surface area contributed by atoms with Gasteiger partial charge in [0.2, 0.25) is 5.91 Å². The lowest BCUT2D eigenvalue weighted by atomic mass is 9.96. The van der Waals surface area contributed by atoms with Crippen LogP contribution < -0.4 is 4.90 Å². The first-order valence-corrected chi connectivity index (χ1v) is 11.2. The number of hydrogen-bond donors (Lipinski definition) is 1. The minimum Gasteiger partial charge on any atom is -0.366 e. The molecule has 0 unspecified atom stereocenters. The summed E-state index contributed by atoms with van der Waals surface area (Å²) in [6.45, 7) is 2.87. The van der Waals surface area contributed by atoms with Gasteiger partial charge in [-0.1, -0.05) is 12.1 Å². The maximum Gasteiger partial charge on any atom is 0.260 e. The van der Waals surface area contributed by atoms with Gasteiger partial charge in [-0.25, -0.2) is 17.8 Å². The van der Waals surface area contributed by atoms with Crippen molar-refractivity contribution < 1.29 is 17.6 Å². The second kappa shape index (κ2) is 8.11. The smallest absolute Gasteiger partial charge is 0.260 e. The molecule has 0 spiro atoms. The number of aromatic nitrogens is 2. The molecule has 2 aromatic rings. The number of nitrogens with one attached hydrogen (secondary N) is 1. The van der Waals surface area contributed by atoms with E-state index in [0.29, 0.717) is 57.8 Å². The van der Waals surface area contributed by atoms with Crippen molar-refractivity contribution in [2.75, 3.05) is 44.2 Å². The van der Waals surface area contributed by atoms with Gasteiger partial charge in [-0.2, -0.15) is 4.31 Å². The third kappa shape index (κ3) is 3.99. The van der Waals surface area contributed by atoms with Crippen LogP contribution in [-0.2, 0) is 14.8 Å². The summed E-state index contributed by atoms with van der Waals surface area (Å²) in [6, 6.07) is 6.67. The molecule has 2 fully saturated rings. The summed E-state index contributed by atoms with van der Waals surface area (Å²) in [5.41, 5.74) is 0.567. The van der Waals surface area contributed by atoms with Gasteiger partial charge in [0.15, 0.2) is 5.03 Å². The summed E-state index contributed by atoms with van der Waals surface area (Å²) < 4.78 is 40.5. The topological polar surface area (TPSA) is 89.6 Å². The lowest BCUT2D eigenvalue weighted by Gasteiger charge is -2.39. The number of piperidine rings is 1. The molecule has 29 heavy (non-hydrogen) atoms. The van der Waals surface area contributed by atoms with E-state index < -0.39 is 10.0 Å². The largest absolute Gasteiger partial charge is 0.366 e. The number of nitrogens with zero attached hydrogens (tertiary/aromatic N) is 4. The highest BCUT2D eigenvalue weighted by molar-refractivity contribution is 7.89. The Balaban J connectivity index is 1.31. The average molecular weight is 421 g/mol. The van der Waals surface area contributed by atoms with E-state index in [0.717, 1.165) is 0 Å². The van der Waals surface area contributed by atoms with E-state index >= 15 is 0 Å². The monoisotopic (exact) mass is 421 g/mol. The molecule has 0 radical (unpaired) electrons. The number of para-hydroxylation sites is 1. The minimum atomic E-state index is -3.59. The van der Waals surface area contributed by atoms with Gasteiger partial charge >= 0.3 is 0 Å². The number of hydrogen-bond acceptors (Lipinski definition) is 5. The van der Waals surface area contributed by atoms with E-state index in [1.807, 2.05) is 9.80 Å². The summed E-state index contributed by atoms with van der Waals surface area (Å²) in [5.74, 6) is -0.363. The summed E-state index contributed by atoms with van der Waals surface area (Å²) in [7, 11) is -3.59. The first kappa shape index (κ1) is 19.8. The summed E-state index contributed by atoms with van der Waals surface area (Å²) in [6.07, 6.45) is 3.63. The zero-order valence-corrected chi connectivity index (χ0v) is 16.8. The van der Waals surface area contributed by atoms with Crippen LogP contribution in [0.1, 0.15) is 12.8 Å². The quantitative estimate of drug-likeness (QED) is 0.804. The predicted octanol–water partition coefficient (Wildman–Crippen LogP) is 1.30. The fraction of sp³-hybridized carbons (Fsp3) is 0.474. The van der Waals surface area contributed by atoms with E-state index in [4.69, 9.17) is 0 Å². The number of halogens is 1. The standard InChI is InChI=1S/C19H24FN5O3S/c20-16-3-1-2-4-17(16)23-9-11-24(12-10-23)19(26)15-5-7-25(8-6-15)29(27,28)18-13-21-14-22-18/h1-4,13-15H,5-12H2,(H,21,22). The van der Waals surface area contributed by atoms with E-state index in [-0.39, 0.29) is 22.7 Å². The molecule has 2 aliphatic heterocycles. The van der Waals surface area contributed by atoms with Gasteiger partial charge in [0, 0.05) is 45.2 Å². The summed E-state index contributed by atoms with van der Waals surface area (Å²) in [4.78, 5) is 23.1. The van der Waals surface area contributed by atoms with Crippen molar-refractivity contribution in [2.45, 2.75) is 17.9 Å². The highest BCUT2D eigenvalue weighted by Gasteiger charge is 2.35. The van der Waals surface area contributed by atoms with Crippen LogP contribution in [0.15, 0.2) is 41.8 Å². The molecule has 4 rings (SSSR count). The molecule has 3 heterocycles. The van der Waals surface area contributed by atoms with Gasteiger partial charge < -0.3 is 14.8 Å². The van der Waals surface area contributed by atoms with Crippen molar-refractivity contribution in [3.63, 3.8) is 0 Å². The Hall–Kier alpha value is -2.46. The highest BCUT2D eigenvalue weighted by atomic mass is 32.2. The van der Waals surface area contributed by atoms with E-state index in [1.165, 1.54) is 22.9 Å². The maximum atomic E-state index is 14.0. The minimum absolute atomic E-state index is 0.0665. The first-order valence-electron chi connectivity index (χ1n) is 9.73. The lowest BCUT2D eigenvalue weighted by molar-refractivity contribution is -0.137. The fourth-order valence-corrected chi connectivity index (χ4v) is 5.37. The molecule has 2 saturated heterocycles. The Kier molecular flexibility index (Phi) is 5.55. The van der Waals surface area contributed by atoms with Crippen molar-refractivity contribution in [1.29, 1.82) is 0 Å². The van der Waals surface area contributed by atoms with Crippen molar-refractivity contribution in [3.05, 3.63) is 42.6 Å². The molecule has 0 saturated carbocycles. The third-order valence-corrected chi connectivity index (χ3v) is 7.50. The van der Waals surface area contributed by atoms with Crippen LogP contribution in [0.5, 0.6) is 0 Å². The Bertz CT molecular complexity index is 950. The van der Waals surface area contributed by atoms with E-state index in [1.54, 1.807) is 18.2 Å². The summed E-state index contributed by atoms with van der Waals surface area (Å²) >= 11 is 0. The number of anilines is 1. The number of aromatic amines is 1. The number of imidazole rings is 1.